The third-order valence-electron chi connectivity index (χ3n) is 1.26. The zero-order valence-corrected chi connectivity index (χ0v) is 6.88. The lowest BCUT2D eigenvalue weighted by atomic mass is 10.2. The van der Waals surface area contributed by atoms with Gasteiger partial charge in [-0.3, -0.25) is 5.21 Å². The van der Waals surface area contributed by atoms with Crippen LogP contribution in [-0.4, -0.2) is 17.5 Å². The molecule has 0 saturated carbocycles. The van der Waals surface area contributed by atoms with Crippen LogP contribution in [0.15, 0.2) is 16.1 Å². The van der Waals surface area contributed by atoms with E-state index >= 15 is 0 Å². The van der Waals surface area contributed by atoms with Gasteiger partial charge in [0.05, 0.1) is 0 Å². The van der Waals surface area contributed by atoms with Crippen LogP contribution in [0.25, 0.3) is 0 Å². The summed E-state index contributed by atoms with van der Waals surface area (Å²) in [5, 5.41) is 8.06. The largest absolute Gasteiger partial charge is 0.364 e. The van der Waals surface area contributed by atoms with E-state index in [1.54, 1.807) is 0 Å². The van der Waals surface area contributed by atoms with E-state index in [1.165, 1.54) is 11.7 Å². The molecule has 0 aromatic rings. The minimum Gasteiger partial charge on any atom is -0.287 e. The molecule has 0 aliphatic heterocycles. The van der Waals surface area contributed by atoms with Crippen molar-refractivity contribution in [2.75, 3.05) is 0 Å². The van der Waals surface area contributed by atoms with Crippen molar-refractivity contribution in [3.8, 4) is 0 Å². The fraction of sp³-hybridized carbons (Fsp3) is 0.429. The SMILES string of the molecule is CC(C)=C(C)/C=N\C(=O)NO. The predicted molar refractivity (Wildman–Crippen MR) is 42.9 cm³/mol. The van der Waals surface area contributed by atoms with Gasteiger partial charge in [-0.05, 0) is 26.3 Å². The van der Waals surface area contributed by atoms with Crippen LogP contribution in [0.3, 0.4) is 0 Å². The van der Waals surface area contributed by atoms with Gasteiger partial charge in [-0.1, -0.05) is 5.57 Å². The summed E-state index contributed by atoms with van der Waals surface area (Å²) >= 11 is 0. The van der Waals surface area contributed by atoms with Gasteiger partial charge < -0.3 is 0 Å². The lowest BCUT2D eigenvalue weighted by Gasteiger charge is -1.93. The van der Waals surface area contributed by atoms with E-state index in [-0.39, 0.29) is 0 Å². The highest BCUT2D eigenvalue weighted by atomic mass is 16.5. The van der Waals surface area contributed by atoms with Gasteiger partial charge in [-0.2, -0.15) is 4.99 Å². The maximum atomic E-state index is 10.4. The zero-order chi connectivity index (χ0) is 8.85. The van der Waals surface area contributed by atoms with E-state index in [4.69, 9.17) is 5.21 Å². The summed E-state index contributed by atoms with van der Waals surface area (Å²) in [5.41, 5.74) is 3.39. The average Bonchev–Trinajstić information content (AvgIpc) is 1.99. The summed E-state index contributed by atoms with van der Waals surface area (Å²) in [7, 11) is 0. The van der Waals surface area contributed by atoms with Crippen molar-refractivity contribution >= 4 is 12.2 Å². The molecule has 4 heteroatoms. The van der Waals surface area contributed by atoms with Gasteiger partial charge in [0.15, 0.2) is 0 Å². The lowest BCUT2D eigenvalue weighted by Crippen LogP contribution is -2.13. The van der Waals surface area contributed by atoms with Gasteiger partial charge in [-0.15, -0.1) is 0 Å². The molecule has 0 bridgehead atoms. The number of carbonyl (C=O) groups excluding carboxylic acids is 1. The number of urea groups is 1. The normalized spacial score (nSPS) is 9.82. The van der Waals surface area contributed by atoms with Crippen LogP contribution in [0.5, 0.6) is 0 Å². The molecule has 0 fully saturated rings. The van der Waals surface area contributed by atoms with Crippen LogP contribution in [0.4, 0.5) is 4.79 Å². The number of amides is 2. The quantitative estimate of drug-likeness (QED) is 0.343. The molecule has 11 heavy (non-hydrogen) atoms. The molecule has 4 nitrogen and oxygen atoms in total. The summed E-state index contributed by atoms with van der Waals surface area (Å²) in [6.07, 6.45) is 1.40. The number of nitrogens with one attached hydrogen (secondary N) is 1. The molecule has 0 unspecified atom stereocenters. The summed E-state index contributed by atoms with van der Waals surface area (Å²) in [5.74, 6) is 0. The Morgan fingerprint density at radius 2 is 2.00 bits per heavy atom. The number of hydrogen-bond donors (Lipinski definition) is 2. The molecular weight excluding hydrogens is 144 g/mol. The zero-order valence-electron chi connectivity index (χ0n) is 6.88. The van der Waals surface area contributed by atoms with Gasteiger partial charge in [-0.25, -0.2) is 10.3 Å². The summed E-state index contributed by atoms with van der Waals surface area (Å²) < 4.78 is 0. The first kappa shape index (κ1) is 9.84. The molecule has 2 N–H and O–H groups in total. The van der Waals surface area contributed by atoms with Crippen LogP contribution in [0.1, 0.15) is 20.8 Å². The molecule has 0 aromatic heterocycles. The highest BCUT2D eigenvalue weighted by Gasteiger charge is 1.91. The number of carbonyl (C=O) groups is 1. The van der Waals surface area contributed by atoms with E-state index < -0.39 is 6.03 Å². The van der Waals surface area contributed by atoms with Gasteiger partial charge in [0.1, 0.15) is 0 Å². The molecule has 0 heterocycles. The summed E-state index contributed by atoms with van der Waals surface area (Å²) in [6, 6.07) is -0.759. The number of hydrogen-bond acceptors (Lipinski definition) is 2. The van der Waals surface area contributed by atoms with Gasteiger partial charge in [0.2, 0.25) is 0 Å². The van der Waals surface area contributed by atoms with Gasteiger partial charge >= 0.3 is 6.03 Å². The molecule has 0 spiro atoms. The maximum absolute atomic E-state index is 10.4. The Morgan fingerprint density at radius 1 is 1.45 bits per heavy atom. The van der Waals surface area contributed by atoms with Gasteiger partial charge in [0.25, 0.3) is 0 Å². The standard InChI is InChI=1S/C7H12N2O2/c1-5(2)6(3)4-8-7(10)9-11/h4,11H,1-3H3,(H,9,10)/b8-4-. The molecule has 0 atom stereocenters. The van der Waals surface area contributed by atoms with Crippen molar-refractivity contribution in [2.45, 2.75) is 20.8 Å². The summed E-state index contributed by atoms with van der Waals surface area (Å²) in [4.78, 5) is 13.7. The minimum absolute atomic E-state index is 0.759. The fourth-order valence-corrected chi connectivity index (χ4v) is 0.313. The Kier molecular flexibility index (Phi) is 4.14. The van der Waals surface area contributed by atoms with E-state index in [9.17, 15) is 4.79 Å². The fourth-order valence-electron chi connectivity index (χ4n) is 0.313. The molecule has 0 rings (SSSR count). The topological polar surface area (TPSA) is 61.7 Å². The number of allylic oxidation sites excluding steroid dienone is 2. The molecule has 62 valence electrons. The van der Waals surface area contributed by atoms with Crippen molar-refractivity contribution in [2.24, 2.45) is 4.99 Å². The molecule has 0 saturated heterocycles. The molecule has 0 aliphatic carbocycles. The van der Waals surface area contributed by atoms with E-state index in [0.717, 1.165) is 11.1 Å². The molecule has 0 aliphatic rings. The smallest absolute Gasteiger partial charge is 0.287 e. The molecule has 2 amide bonds. The number of aliphatic imine (C=N–C) groups is 1. The van der Waals surface area contributed by atoms with E-state index in [0.29, 0.717) is 0 Å². The van der Waals surface area contributed by atoms with Crippen LogP contribution < -0.4 is 5.48 Å². The molecule has 0 aromatic carbocycles. The first-order valence-corrected chi connectivity index (χ1v) is 3.20. The number of nitrogens with zero attached hydrogens (tertiary/aromatic N) is 1. The van der Waals surface area contributed by atoms with Crippen LogP contribution in [0, 0.1) is 0 Å². The van der Waals surface area contributed by atoms with E-state index in [2.05, 4.69) is 4.99 Å². The minimum atomic E-state index is -0.759. The average molecular weight is 156 g/mol. The van der Waals surface area contributed by atoms with Crippen LogP contribution in [-0.2, 0) is 0 Å². The van der Waals surface area contributed by atoms with Crippen molar-refractivity contribution in [1.29, 1.82) is 0 Å². The molecule has 0 radical (unpaired) electrons. The Labute approximate surface area is 65.6 Å². The van der Waals surface area contributed by atoms with Crippen LogP contribution in [0.2, 0.25) is 0 Å². The number of rotatable bonds is 1. The van der Waals surface area contributed by atoms with E-state index in [1.807, 2.05) is 20.8 Å². The first-order valence-electron chi connectivity index (χ1n) is 3.20. The first-order chi connectivity index (χ1) is 5.07. The predicted octanol–water partition coefficient (Wildman–Crippen LogP) is 1.51. The highest BCUT2D eigenvalue weighted by molar-refractivity contribution is 5.90. The van der Waals surface area contributed by atoms with Crippen LogP contribution >= 0.6 is 0 Å². The second kappa shape index (κ2) is 4.62. The second-order valence-electron chi connectivity index (χ2n) is 2.36. The summed E-state index contributed by atoms with van der Waals surface area (Å²) in [6.45, 7) is 5.67. The van der Waals surface area contributed by atoms with Crippen molar-refractivity contribution in [3.05, 3.63) is 11.1 Å². The van der Waals surface area contributed by atoms with Gasteiger partial charge in [0, 0.05) is 6.21 Å². The lowest BCUT2D eigenvalue weighted by molar-refractivity contribution is 0.169. The highest BCUT2D eigenvalue weighted by Crippen LogP contribution is 1.97. The Hall–Kier alpha value is -1.16. The Bertz CT molecular complexity index is 202. The third kappa shape index (κ3) is 4.27. The van der Waals surface area contributed by atoms with Crippen molar-refractivity contribution in [3.63, 3.8) is 0 Å². The van der Waals surface area contributed by atoms with Crippen molar-refractivity contribution < 1.29 is 10.0 Å². The molecular formula is C7H12N2O2. The number of hydroxylamine groups is 1. The monoisotopic (exact) mass is 156 g/mol. The van der Waals surface area contributed by atoms with Crippen molar-refractivity contribution in [1.82, 2.24) is 5.48 Å². The Morgan fingerprint density at radius 3 is 2.36 bits per heavy atom. The second-order valence-corrected chi connectivity index (χ2v) is 2.36. The Balaban J connectivity index is 4.15. The maximum Gasteiger partial charge on any atom is 0.364 e. The third-order valence-corrected chi connectivity index (χ3v) is 1.26.